The second-order valence-electron chi connectivity index (χ2n) is 6.29. The van der Waals surface area contributed by atoms with E-state index in [2.05, 4.69) is 40.9 Å². The van der Waals surface area contributed by atoms with Crippen molar-refractivity contribution >= 4 is 11.8 Å². The lowest BCUT2D eigenvalue weighted by Crippen LogP contribution is -2.45. The minimum absolute atomic E-state index is 0.222. The molecular weight excluding hydrogens is 302 g/mol. The van der Waals surface area contributed by atoms with Crippen molar-refractivity contribution in [2.45, 2.75) is 26.9 Å². The monoisotopic (exact) mass is 323 g/mol. The van der Waals surface area contributed by atoms with Crippen LogP contribution in [0.5, 0.6) is 0 Å². The number of hydrazine groups is 1. The van der Waals surface area contributed by atoms with Crippen LogP contribution in [-0.4, -0.2) is 23.3 Å². The molecule has 0 fully saturated rings. The molecule has 0 aliphatic carbocycles. The second-order valence-corrected chi connectivity index (χ2v) is 6.29. The molecule has 0 unspecified atom stereocenters. The van der Waals surface area contributed by atoms with E-state index in [1.54, 1.807) is 12.1 Å². The third-order valence-electron chi connectivity index (χ3n) is 4.11. The number of nitrogens with one attached hydrogen (secondary N) is 2. The summed E-state index contributed by atoms with van der Waals surface area (Å²) in [5.74, 6) is -0.534. The average molecular weight is 323 g/mol. The van der Waals surface area contributed by atoms with Crippen LogP contribution < -0.4 is 10.9 Å². The maximum atomic E-state index is 12.1. The summed E-state index contributed by atoms with van der Waals surface area (Å²) in [5, 5.41) is 0. The molecule has 0 atom stereocenters. The number of aryl methyl sites for hydroxylation is 2. The van der Waals surface area contributed by atoms with E-state index in [9.17, 15) is 9.59 Å². The van der Waals surface area contributed by atoms with E-state index in [1.807, 2.05) is 19.1 Å². The summed E-state index contributed by atoms with van der Waals surface area (Å²) in [7, 11) is 0. The lowest BCUT2D eigenvalue weighted by Gasteiger charge is -2.14. The molecule has 5 heteroatoms. The van der Waals surface area contributed by atoms with Crippen LogP contribution in [0.4, 0.5) is 0 Å². The van der Waals surface area contributed by atoms with E-state index in [0.717, 1.165) is 18.7 Å². The summed E-state index contributed by atoms with van der Waals surface area (Å²) in [6.07, 6.45) is 0. The van der Waals surface area contributed by atoms with Crippen molar-refractivity contribution < 1.29 is 9.59 Å². The van der Waals surface area contributed by atoms with E-state index >= 15 is 0 Å². The van der Waals surface area contributed by atoms with E-state index in [-0.39, 0.29) is 18.4 Å². The van der Waals surface area contributed by atoms with Gasteiger partial charge in [-0.15, -0.1) is 0 Å². The maximum absolute atomic E-state index is 12.1. The second kappa shape index (κ2) is 6.84. The Balaban J connectivity index is 1.49. The molecule has 24 heavy (non-hydrogen) atoms. The topological polar surface area (TPSA) is 61.4 Å². The standard InChI is InChI=1S/C19H21N3O2/c1-13-4-3-5-15(8-13)19(24)21-20-18(23)12-22-10-16-7-6-14(2)9-17(16)11-22/h3-9H,10-12H2,1-2H3,(H,20,23)(H,21,24). The van der Waals surface area contributed by atoms with Gasteiger partial charge in [-0.3, -0.25) is 25.3 Å². The van der Waals surface area contributed by atoms with Gasteiger partial charge in [-0.05, 0) is 37.1 Å². The van der Waals surface area contributed by atoms with Gasteiger partial charge in [-0.2, -0.15) is 0 Å². The SMILES string of the molecule is Cc1cccc(C(=O)NNC(=O)CN2Cc3ccc(C)cc3C2)c1. The van der Waals surface area contributed by atoms with Crippen LogP contribution in [0.1, 0.15) is 32.6 Å². The van der Waals surface area contributed by atoms with Crippen molar-refractivity contribution in [2.24, 2.45) is 0 Å². The Labute approximate surface area is 141 Å². The number of nitrogens with zero attached hydrogens (tertiary/aromatic N) is 1. The van der Waals surface area contributed by atoms with Gasteiger partial charge in [0.05, 0.1) is 6.54 Å². The minimum Gasteiger partial charge on any atom is -0.286 e. The summed E-state index contributed by atoms with van der Waals surface area (Å²) < 4.78 is 0. The lowest BCUT2D eigenvalue weighted by molar-refractivity contribution is -0.123. The Morgan fingerprint density at radius 2 is 1.71 bits per heavy atom. The lowest BCUT2D eigenvalue weighted by atomic mass is 10.1. The van der Waals surface area contributed by atoms with Crippen LogP contribution in [0.3, 0.4) is 0 Å². The number of carbonyl (C=O) groups is 2. The largest absolute Gasteiger partial charge is 0.286 e. The Morgan fingerprint density at radius 3 is 2.50 bits per heavy atom. The predicted octanol–water partition coefficient (Wildman–Crippen LogP) is 2.08. The van der Waals surface area contributed by atoms with E-state index in [1.165, 1.54) is 16.7 Å². The summed E-state index contributed by atoms with van der Waals surface area (Å²) >= 11 is 0. The molecule has 0 saturated heterocycles. The highest BCUT2D eigenvalue weighted by atomic mass is 16.2. The van der Waals surface area contributed by atoms with Crippen molar-refractivity contribution in [3.63, 3.8) is 0 Å². The van der Waals surface area contributed by atoms with Crippen molar-refractivity contribution in [3.05, 3.63) is 70.3 Å². The fraction of sp³-hybridized carbons (Fsp3) is 0.263. The Hall–Kier alpha value is -2.66. The zero-order valence-electron chi connectivity index (χ0n) is 13.9. The maximum Gasteiger partial charge on any atom is 0.269 e. The fourth-order valence-electron chi connectivity index (χ4n) is 2.93. The molecule has 2 N–H and O–H groups in total. The highest BCUT2D eigenvalue weighted by molar-refractivity contribution is 5.95. The van der Waals surface area contributed by atoms with Gasteiger partial charge in [0.25, 0.3) is 11.8 Å². The molecule has 124 valence electrons. The van der Waals surface area contributed by atoms with Crippen molar-refractivity contribution in [2.75, 3.05) is 6.54 Å². The van der Waals surface area contributed by atoms with Gasteiger partial charge in [0, 0.05) is 18.7 Å². The number of amides is 2. The number of hydrogen-bond donors (Lipinski definition) is 2. The quantitative estimate of drug-likeness (QED) is 0.850. The van der Waals surface area contributed by atoms with E-state index < -0.39 is 0 Å². The molecule has 5 nitrogen and oxygen atoms in total. The molecule has 3 rings (SSSR count). The van der Waals surface area contributed by atoms with Crippen LogP contribution in [0, 0.1) is 13.8 Å². The Kier molecular flexibility index (Phi) is 4.62. The van der Waals surface area contributed by atoms with Crippen molar-refractivity contribution in [1.29, 1.82) is 0 Å². The number of rotatable bonds is 3. The summed E-state index contributed by atoms with van der Waals surface area (Å²) in [4.78, 5) is 26.1. The molecule has 1 aliphatic rings. The molecule has 0 bridgehead atoms. The fourth-order valence-corrected chi connectivity index (χ4v) is 2.93. The molecular formula is C19H21N3O2. The normalized spacial score (nSPS) is 13.4. The van der Waals surface area contributed by atoms with Crippen molar-refractivity contribution in [1.82, 2.24) is 15.8 Å². The van der Waals surface area contributed by atoms with Crippen molar-refractivity contribution in [3.8, 4) is 0 Å². The smallest absolute Gasteiger partial charge is 0.269 e. The zero-order chi connectivity index (χ0) is 17.1. The molecule has 2 aromatic carbocycles. The molecule has 0 radical (unpaired) electrons. The van der Waals surface area contributed by atoms with Gasteiger partial charge < -0.3 is 0 Å². The Bertz CT molecular complexity index is 786. The minimum atomic E-state index is -0.313. The zero-order valence-corrected chi connectivity index (χ0v) is 13.9. The molecule has 0 spiro atoms. The summed E-state index contributed by atoms with van der Waals surface area (Å²) in [6, 6.07) is 13.6. The molecule has 1 heterocycles. The van der Waals surface area contributed by atoms with Crippen LogP contribution in [0.15, 0.2) is 42.5 Å². The highest BCUT2D eigenvalue weighted by Gasteiger charge is 2.21. The number of hydrogen-bond acceptors (Lipinski definition) is 3. The summed E-state index contributed by atoms with van der Waals surface area (Å²) in [5.41, 5.74) is 10.2. The van der Waals surface area contributed by atoms with Crippen LogP contribution in [0.25, 0.3) is 0 Å². The third kappa shape index (κ3) is 3.81. The van der Waals surface area contributed by atoms with Crippen LogP contribution in [0.2, 0.25) is 0 Å². The number of fused-ring (bicyclic) bond motifs is 1. The van der Waals surface area contributed by atoms with Crippen LogP contribution in [-0.2, 0) is 17.9 Å². The predicted molar refractivity (Wildman–Crippen MR) is 92.1 cm³/mol. The van der Waals surface area contributed by atoms with Gasteiger partial charge in [-0.25, -0.2) is 0 Å². The van der Waals surface area contributed by atoms with Crippen LogP contribution >= 0.6 is 0 Å². The first kappa shape index (κ1) is 16.2. The molecule has 1 aliphatic heterocycles. The first-order valence-electron chi connectivity index (χ1n) is 7.98. The molecule has 0 aromatic heterocycles. The summed E-state index contributed by atoms with van der Waals surface area (Å²) in [6.45, 7) is 5.76. The van der Waals surface area contributed by atoms with Gasteiger partial charge in [0.2, 0.25) is 0 Å². The molecule has 2 aromatic rings. The molecule has 2 amide bonds. The van der Waals surface area contributed by atoms with Gasteiger partial charge in [0.15, 0.2) is 0 Å². The third-order valence-corrected chi connectivity index (χ3v) is 4.11. The van der Waals surface area contributed by atoms with E-state index in [0.29, 0.717) is 5.56 Å². The molecule has 0 saturated carbocycles. The van der Waals surface area contributed by atoms with Gasteiger partial charge in [-0.1, -0.05) is 41.5 Å². The first-order valence-corrected chi connectivity index (χ1v) is 7.98. The van der Waals surface area contributed by atoms with Gasteiger partial charge >= 0.3 is 0 Å². The van der Waals surface area contributed by atoms with Gasteiger partial charge in [0.1, 0.15) is 0 Å². The van der Waals surface area contributed by atoms with E-state index in [4.69, 9.17) is 0 Å². The Morgan fingerprint density at radius 1 is 0.958 bits per heavy atom. The first-order chi connectivity index (χ1) is 11.5. The highest BCUT2D eigenvalue weighted by Crippen LogP contribution is 2.23. The number of benzene rings is 2. The average Bonchev–Trinajstić information content (AvgIpc) is 2.93. The number of carbonyl (C=O) groups excluding carboxylic acids is 2.